The number of carboxylic acid groups (broad SMARTS) is 3. The number of thiol groups is 3. The Balaban J connectivity index is -0.000000118. The summed E-state index contributed by atoms with van der Waals surface area (Å²) in [6, 6.07) is 0. The van der Waals surface area contributed by atoms with E-state index in [1.165, 1.54) is 0 Å². The van der Waals surface area contributed by atoms with Gasteiger partial charge < -0.3 is 30.6 Å². The molecule has 0 amide bonds. The Morgan fingerprint density at radius 2 is 0.960 bits per heavy atom. The molecule has 0 aromatic heterocycles. The van der Waals surface area contributed by atoms with Gasteiger partial charge in [-0.1, -0.05) is 6.92 Å². The maximum Gasteiger partial charge on any atom is 0.304 e. The van der Waals surface area contributed by atoms with E-state index in [4.69, 9.17) is 30.6 Å². The first-order chi connectivity index (χ1) is 11.4. The predicted molar refractivity (Wildman–Crippen MR) is 103 cm³/mol. The second-order valence-corrected chi connectivity index (χ2v) is 5.47. The molecule has 0 aliphatic carbocycles. The molecule has 0 radical (unpaired) electrons. The zero-order valence-corrected chi connectivity index (χ0v) is 16.6. The maximum atomic E-state index is 9.55. The van der Waals surface area contributed by atoms with Crippen LogP contribution < -0.4 is 0 Å². The average molecular weight is 425 g/mol. The summed E-state index contributed by atoms with van der Waals surface area (Å²) >= 11 is 11.0. The predicted octanol–water partition coefficient (Wildman–Crippen LogP) is 0.590. The van der Waals surface area contributed by atoms with Gasteiger partial charge in [-0.3, -0.25) is 14.4 Å². The summed E-state index contributed by atoms with van der Waals surface area (Å²) in [7, 11) is 0. The van der Waals surface area contributed by atoms with Gasteiger partial charge in [-0.25, -0.2) is 0 Å². The third kappa shape index (κ3) is 69.8. The van der Waals surface area contributed by atoms with Crippen LogP contribution in [0.25, 0.3) is 0 Å². The zero-order valence-electron chi connectivity index (χ0n) is 13.9. The third-order valence-electron chi connectivity index (χ3n) is 1.56. The fraction of sp³-hybridized carbons (Fsp3) is 0.769. The fourth-order valence-corrected chi connectivity index (χ4v) is 1.20. The molecule has 6 N–H and O–H groups in total. The molecular weight excluding hydrogens is 396 g/mol. The smallest absolute Gasteiger partial charge is 0.304 e. The van der Waals surface area contributed by atoms with Crippen LogP contribution in [0.2, 0.25) is 0 Å². The van der Waals surface area contributed by atoms with E-state index in [0.29, 0.717) is 23.7 Å². The van der Waals surface area contributed by atoms with Crippen molar-refractivity contribution in [1.82, 2.24) is 0 Å². The van der Waals surface area contributed by atoms with Gasteiger partial charge in [0.05, 0.1) is 19.3 Å². The molecule has 0 fully saturated rings. The molecule has 0 aromatic carbocycles. The van der Waals surface area contributed by atoms with Crippen LogP contribution in [0.1, 0.15) is 39.0 Å². The van der Waals surface area contributed by atoms with Crippen LogP contribution in [0.3, 0.4) is 0 Å². The lowest BCUT2D eigenvalue weighted by molar-refractivity contribution is -0.314. The Morgan fingerprint density at radius 3 is 0.960 bits per heavy atom. The van der Waals surface area contributed by atoms with Gasteiger partial charge in [0, 0.05) is 23.7 Å². The molecule has 0 spiro atoms. The number of carboxylic acids is 3. The topological polar surface area (TPSA) is 173 Å². The minimum atomic E-state index is -2.45. The maximum absolute atomic E-state index is 9.55. The number of carbonyl (C=O) groups is 3. The van der Waals surface area contributed by atoms with Crippen LogP contribution in [0.4, 0.5) is 0 Å². The molecule has 0 rings (SSSR count). The zero-order chi connectivity index (χ0) is 20.9. The molecule has 0 aliphatic heterocycles. The summed E-state index contributed by atoms with van der Waals surface area (Å²) in [4.78, 5) is 28.7. The van der Waals surface area contributed by atoms with E-state index in [9.17, 15) is 14.4 Å². The normalized spacial score (nSPS) is 9.24. The van der Waals surface area contributed by atoms with E-state index in [-0.39, 0.29) is 25.7 Å². The summed E-state index contributed by atoms with van der Waals surface area (Å²) in [5.74, 6) is -3.53. The number of aliphatic hydroxyl groups is 3. The van der Waals surface area contributed by atoms with E-state index in [0.717, 1.165) is 0 Å². The molecule has 12 heteroatoms. The highest BCUT2D eigenvalue weighted by Crippen LogP contribution is 2.01. The van der Waals surface area contributed by atoms with Crippen LogP contribution in [-0.2, 0) is 14.4 Å². The first-order valence-electron chi connectivity index (χ1n) is 7.02. The lowest BCUT2D eigenvalue weighted by Crippen LogP contribution is -2.26. The van der Waals surface area contributed by atoms with Crippen molar-refractivity contribution in [2.45, 2.75) is 45.0 Å². The van der Waals surface area contributed by atoms with Crippen molar-refractivity contribution in [3.8, 4) is 0 Å². The van der Waals surface area contributed by atoms with Gasteiger partial charge in [0.1, 0.15) is 0 Å². The van der Waals surface area contributed by atoms with E-state index >= 15 is 0 Å². The van der Waals surface area contributed by atoms with E-state index in [1.807, 2.05) is 0 Å². The molecule has 0 saturated heterocycles. The summed E-state index contributed by atoms with van der Waals surface area (Å²) in [5, 5.41) is 48.0. The van der Waals surface area contributed by atoms with E-state index in [1.54, 1.807) is 6.92 Å². The van der Waals surface area contributed by atoms with Crippen LogP contribution >= 0.6 is 37.9 Å². The third-order valence-corrected chi connectivity index (χ3v) is 2.23. The molecule has 9 nitrogen and oxygen atoms in total. The Kier molecular flexibility index (Phi) is 29.9. The molecule has 0 aromatic rings. The molecule has 25 heavy (non-hydrogen) atoms. The van der Waals surface area contributed by atoms with Crippen molar-refractivity contribution in [2.24, 2.45) is 0 Å². The van der Waals surface area contributed by atoms with E-state index < -0.39 is 23.9 Å². The highest BCUT2D eigenvalue weighted by atomic mass is 32.1. The average Bonchev–Trinajstić information content (AvgIpc) is 2.38. The van der Waals surface area contributed by atoms with Crippen LogP contribution in [0.5, 0.6) is 0 Å². The van der Waals surface area contributed by atoms with Crippen LogP contribution in [-0.4, -0.2) is 71.8 Å². The highest BCUT2D eigenvalue weighted by molar-refractivity contribution is 7.80. The van der Waals surface area contributed by atoms with Gasteiger partial charge in [0.15, 0.2) is 0 Å². The Morgan fingerprint density at radius 1 is 0.720 bits per heavy atom. The van der Waals surface area contributed by atoms with Crippen LogP contribution in [0.15, 0.2) is 0 Å². The van der Waals surface area contributed by atoms with Gasteiger partial charge in [-0.05, 0) is 6.42 Å². The summed E-state index contributed by atoms with van der Waals surface area (Å²) in [5.41, 5.74) is 0. The molecule has 0 unspecified atom stereocenters. The Labute approximate surface area is 163 Å². The standard InChI is InChI=1S/C4H10O3.3C3H6O2S/c1-2-3-4(5,6)7;3*4-3(5)1-2-6/h5-7H,2-3H2,1H3;3*6H,1-2H2,(H,4,5). The summed E-state index contributed by atoms with van der Waals surface area (Å²) in [6.07, 6.45) is 1.03. The Hall–Kier alpha value is -0.660. The minimum Gasteiger partial charge on any atom is -0.481 e. The van der Waals surface area contributed by atoms with Gasteiger partial charge in [-0.15, -0.1) is 0 Å². The molecule has 0 aliphatic rings. The second kappa shape index (κ2) is 23.3. The van der Waals surface area contributed by atoms with Crippen molar-refractivity contribution < 1.29 is 45.0 Å². The quantitative estimate of drug-likeness (QED) is 0.200. The number of hydrogen-bond acceptors (Lipinski definition) is 9. The number of rotatable bonds is 8. The molecule has 0 bridgehead atoms. The lowest BCUT2D eigenvalue weighted by atomic mass is 10.3. The molecule has 0 heterocycles. The first kappa shape index (κ1) is 32.0. The largest absolute Gasteiger partial charge is 0.481 e. The lowest BCUT2D eigenvalue weighted by Gasteiger charge is -2.10. The molecule has 152 valence electrons. The van der Waals surface area contributed by atoms with Crippen molar-refractivity contribution in [1.29, 1.82) is 0 Å². The monoisotopic (exact) mass is 424 g/mol. The molecular formula is C13H28O9S3. The molecule has 0 atom stereocenters. The van der Waals surface area contributed by atoms with Gasteiger partial charge in [-0.2, -0.15) is 37.9 Å². The van der Waals surface area contributed by atoms with E-state index in [2.05, 4.69) is 37.9 Å². The van der Waals surface area contributed by atoms with Crippen molar-refractivity contribution in [2.75, 3.05) is 17.3 Å². The highest BCUT2D eigenvalue weighted by Gasteiger charge is 2.14. The SMILES string of the molecule is CCCC(O)(O)O.O=C(O)CCS.O=C(O)CCS.O=C(O)CCS. The van der Waals surface area contributed by atoms with Crippen molar-refractivity contribution in [3.63, 3.8) is 0 Å². The second-order valence-electron chi connectivity index (χ2n) is 4.13. The van der Waals surface area contributed by atoms with Crippen LogP contribution in [0, 0.1) is 0 Å². The van der Waals surface area contributed by atoms with Gasteiger partial charge in [0.25, 0.3) is 5.97 Å². The number of aliphatic carboxylic acids is 3. The van der Waals surface area contributed by atoms with Crippen molar-refractivity contribution >= 4 is 55.8 Å². The fourth-order valence-electron chi connectivity index (χ4n) is 0.622. The van der Waals surface area contributed by atoms with Crippen molar-refractivity contribution in [3.05, 3.63) is 0 Å². The Bertz CT molecular complexity index is 295. The molecule has 0 saturated carbocycles. The first-order valence-corrected chi connectivity index (χ1v) is 8.92. The van der Waals surface area contributed by atoms with Gasteiger partial charge >= 0.3 is 17.9 Å². The number of hydrogen-bond donors (Lipinski definition) is 9. The van der Waals surface area contributed by atoms with Gasteiger partial charge in [0.2, 0.25) is 0 Å². The summed E-state index contributed by atoms with van der Waals surface area (Å²) < 4.78 is 0. The summed E-state index contributed by atoms with van der Waals surface area (Å²) in [6.45, 7) is 1.75. The minimum absolute atomic E-state index is 0.00694.